The zero-order valence-corrected chi connectivity index (χ0v) is 3.52. The van der Waals surface area contributed by atoms with Crippen molar-refractivity contribution in [2.45, 2.75) is 0 Å². The molecule has 0 amide bonds. The van der Waals surface area contributed by atoms with Crippen molar-refractivity contribution in [3.63, 3.8) is 0 Å². The lowest BCUT2D eigenvalue weighted by molar-refractivity contribution is 0.309. The largest absolute Gasteiger partial charge is 0.437 e. The van der Waals surface area contributed by atoms with Crippen LogP contribution in [0.5, 0.6) is 0 Å². The number of hydrogen-bond acceptors (Lipinski definition) is 2. The summed E-state index contributed by atoms with van der Waals surface area (Å²) in [5, 5.41) is 0. The molecule has 0 unspecified atom stereocenters. The van der Waals surface area contributed by atoms with Crippen molar-refractivity contribution in [3.05, 3.63) is 0 Å². The predicted molar refractivity (Wildman–Crippen MR) is 21.2 cm³/mol. The van der Waals surface area contributed by atoms with Gasteiger partial charge in [-0.1, -0.05) is 0 Å². The van der Waals surface area contributed by atoms with E-state index in [-0.39, 0.29) is 0 Å². The molecular weight excluding hydrogens is 66.8 g/mol. The second-order valence-corrected chi connectivity index (χ2v) is 0.695. The summed E-state index contributed by atoms with van der Waals surface area (Å²) in [6.45, 7) is 0. The molecule has 0 N–H and O–H groups in total. The number of hydrogen-bond donors (Lipinski definition) is 0. The van der Waals surface area contributed by atoms with E-state index in [1.807, 2.05) is 0 Å². The Labute approximate surface area is 32.4 Å². The van der Waals surface area contributed by atoms with Gasteiger partial charge in [0.05, 0.1) is 0 Å². The first-order chi connectivity index (χ1) is 2.41. The Morgan fingerprint density at radius 3 is 1.60 bits per heavy atom. The van der Waals surface area contributed by atoms with Crippen LogP contribution in [0.3, 0.4) is 0 Å². The van der Waals surface area contributed by atoms with Crippen LogP contribution in [0.25, 0.3) is 0 Å². The van der Waals surface area contributed by atoms with Gasteiger partial charge < -0.3 is 9.31 Å². The van der Waals surface area contributed by atoms with Crippen LogP contribution in [0.4, 0.5) is 0 Å². The highest BCUT2D eigenvalue weighted by Crippen LogP contribution is 1.55. The second kappa shape index (κ2) is 3.98. The van der Waals surface area contributed by atoms with Crippen LogP contribution in [0.15, 0.2) is 0 Å². The van der Waals surface area contributed by atoms with Gasteiger partial charge in [-0.15, -0.1) is 0 Å². The van der Waals surface area contributed by atoms with Gasteiger partial charge in [-0.2, -0.15) is 0 Å². The summed E-state index contributed by atoms with van der Waals surface area (Å²) in [4.78, 5) is 0. The van der Waals surface area contributed by atoms with Crippen molar-refractivity contribution in [2.75, 3.05) is 14.2 Å². The minimum absolute atomic E-state index is 0.389. The highest BCUT2D eigenvalue weighted by atomic mass is 16.6. The third-order valence-corrected chi connectivity index (χ3v) is 0.236. The normalized spacial score (nSPS) is 7.60. The molecule has 0 aromatic carbocycles. The van der Waals surface area contributed by atoms with Gasteiger partial charge in [-0.25, -0.2) is 0 Å². The first kappa shape index (κ1) is 4.98. The van der Waals surface area contributed by atoms with Crippen LogP contribution in [-0.4, -0.2) is 21.9 Å². The Hall–Kier alpha value is -0.0151. The topological polar surface area (TPSA) is 18.5 Å². The van der Waals surface area contributed by atoms with Gasteiger partial charge in [0, 0.05) is 14.2 Å². The van der Waals surface area contributed by atoms with Gasteiger partial charge in [0.25, 0.3) is 0 Å². The standard InChI is InChI=1S/C2H7BO2/c1-4-3-5-2/h3H,1-2H3. The van der Waals surface area contributed by atoms with Gasteiger partial charge in [0.2, 0.25) is 0 Å². The third-order valence-electron chi connectivity index (χ3n) is 0.236. The number of rotatable bonds is 2. The van der Waals surface area contributed by atoms with Gasteiger partial charge in [0.15, 0.2) is 0 Å². The highest BCUT2D eigenvalue weighted by molar-refractivity contribution is 6.17. The van der Waals surface area contributed by atoms with Crippen molar-refractivity contribution >= 4 is 7.69 Å². The molecule has 0 bridgehead atoms. The molecule has 0 atom stereocenters. The van der Waals surface area contributed by atoms with Gasteiger partial charge >= 0.3 is 7.69 Å². The van der Waals surface area contributed by atoms with Crippen molar-refractivity contribution in [1.82, 2.24) is 0 Å². The van der Waals surface area contributed by atoms with E-state index in [4.69, 9.17) is 0 Å². The maximum Gasteiger partial charge on any atom is 0.437 e. The van der Waals surface area contributed by atoms with Crippen LogP contribution in [0.2, 0.25) is 0 Å². The monoisotopic (exact) mass is 74.1 g/mol. The summed E-state index contributed by atoms with van der Waals surface area (Å²) >= 11 is 0. The molecule has 2 nitrogen and oxygen atoms in total. The Balaban J connectivity index is 2.19. The van der Waals surface area contributed by atoms with Crippen LogP contribution in [0.1, 0.15) is 0 Å². The molecule has 0 aliphatic carbocycles. The third kappa shape index (κ3) is 3.98. The Kier molecular flexibility index (Phi) is 3.97. The van der Waals surface area contributed by atoms with E-state index in [1.165, 1.54) is 0 Å². The molecule has 0 heterocycles. The van der Waals surface area contributed by atoms with Gasteiger partial charge in [0.1, 0.15) is 0 Å². The molecule has 0 aliphatic rings. The summed E-state index contributed by atoms with van der Waals surface area (Å²) in [5.41, 5.74) is 0. The maximum atomic E-state index is 4.47. The molecular formula is C2H7BO2. The van der Waals surface area contributed by atoms with Crippen LogP contribution in [-0.2, 0) is 9.31 Å². The van der Waals surface area contributed by atoms with Gasteiger partial charge in [-0.3, -0.25) is 0 Å². The summed E-state index contributed by atoms with van der Waals surface area (Å²) in [6.07, 6.45) is 0. The maximum absolute atomic E-state index is 4.47. The Morgan fingerprint density at radius 1 is 1.20 bits per heavy atom. The smallest absolute Gasteiger partial charge is 0.417 e. The minimum Gasteiger partial charge on any atom is -0.417 e. The predicted octanol–water partition coefficient (Wildman–Crippen LogP) is -0.454. The quantitative estimate of drug-likeness (QED) is 0.413. The Bertz CT molecular complexity index is 15.1. The van der Waals surface area contributed by atoms with Crippen molar-refractivity contribution in [1.29, 1.82) is 0 Å². The van der Waals surface area contributed by atoms with E-state index in [0.717, 1.165) is 0 Å². The lowest BCUT2D eigenvalue weighted by Crippen LogP contribution is -1.93. The summed E-state index contributed by atoms with van der Waals surface area (Å²) < 4.78 is 8.94. The fourth-order valence-corrected chi connectivity index (χ4v) is 0.118. The fourth-order valence-electron chi connectivity index (χ4n) is 0.118. The molecule has 30 valence electrons. The summed E-state index contributed by atoms with van der Waals surface area (Å²) in [7, 11) is 3.56. The molecule has 0 saturated carbocycles. The SMILES string of the molecule is COBOC. The lowest BCUT2D eigenvalue weighted by Gasteiger charge is -1.84. The minimum atomic E-state index is 0.389. The van der Waals surface area contributed by atoms with E-state index >= 15 is 0 Å². The van der Waals surface area contributed by atoms with E-state index in [9.17, 15) is 0 Å². The van der Waals surface area contributed by atoms with Crippen LogP contribution >= 0.6 is 0 Å². The first-order valence-electron chi connectivity index (χ1n) is 1.39. The highest BCUT2D eigenvalue weighted by Gasteiger charge is 1.73. The second-order valence-electron chi connectivity index (χ2n) is 0.695. The average molecular weight is 73.9 g/mol. The molecule has 0 rings (SSSR count). The summed E-state index contributed by atoms with van der Waals surface area (Å²) in [5.74, 6) is 0. The summed E-state index contributed by atoms with van der Waals surface area (Å²) in [6, 6.07) is 0. The van der Waals surface area contributed by atoms with Gasteiger partial charge in [-0.05, 0) is 0 Å². The molecule has 5 heavy (non-hydrogen) atoms. The fraction of sp³-hybridized carbons (Fsp3) is 1.00. The molecule has 0 spiro atoms. The molecule has 0 aromatic rings. The van der Waals surface area contributed by atoms with E-state index in [2.05, 4.69) is 9.31 Å². The van der Waals surface area contributed by atoms with E-state index < -0.39 is 0 Å². The molecule has 0 fully saturated rings. The zero-order chi connectivity index (χ0) is 4.12. The molecule has 0 aromatic heterocycles. The first-order valence-corrected chi connectivity index (χ1v) is 1.39. The Morgan fingerprint density at radius 2 is 1.60 bits per heavy atom. The van der Waals surface area contributed by atoms with Crippen LogP contribution < -0.4 is 0 Å². The van der Waals surface area contributed by atoms with Crippen molar-refractivity contribution in [3.8, 4) is 0 Å². The van der Waals surface area contributed by atoms with E-state index in [1.54, 1.807) is 14.2 Å². The molecule has 0 radical (unpaired) electrons. The zero-order valence-electron chi connectivity index (χ0n) is 3.52. The van der Waals surface area contributed by atoms with Crippen LogP contribution in [0, 0.1) is 0 Å². The molecule has 0 saturated heterocycles. The molecule has 3 heteroatoms. The van der Waals surface area contributed by atoms with E-state index in [0.29, 0.717) is 7.69 Å². The van der Waals surface area contributed by atoms with Crippen molar-refractivity contribution in [2.24, 2.45) is 0 Å². The lowest BCUT2D eigenvalue weighted by atomic mass is 10.4. The molecule has 0 aliphatic heterocycles. The average Bonchev–Trinajstić information content (AvgIpc) is 1.41. The van der Waals surface area contributed by atoms with Crippen molar-refractivity contribution < 1.29 is 9.31 Å².